The van der Waals surface area contributed by atoms with Gasteiger partial charge in [-0.05, 0) is 24.5 Å². The molecule has 0 bridgehead atoms. The van der Waals surface area contributed by atoms with Gasteiger partial charge in [-0.3, -0.25) is 0 Å². The molecule has 0 atom stereocenters. The highest BCUT2D eigenvalue weighted by molar-refractivity contribution is 5.83. The van der Waals surface area contributed by atoms with Crippen LogP contribution in [0.1, 0.15) is 25.3 Å². The second-order valence-corrected chi connectivity index (χ2v) is 3.89. The number of benzene rings is 1. The van der Waals surface area contributed by atoms with Crippen molar-refractivity contribution >= 4 is 10.9 Å². The van der Waals surface area contributed by atoms with Gasteiger partial charge in [-0.2, -0.15) is 0 Å². The molecule has 0 saturated carbocycles. The Morgan fingerprint density at radius 1 is 1.21 bits per heavy atom. The molecule has 0 spiro atoms. The van der Waals surface area contributed by atoms with Crippen LogP contribution in [0.4, 0.5) is 0 Å². The van der Waals surface area contributed by atoms with E-state index in [2.05, 4.69) is 49.0 Å². The van der Waals surface area contributed by atoms with Crippen molar-refractivity contribution in [3.8, 4) is 0 Å². The molecule has 14 heavy (non-hydrogen) atoms. The highest BCUT2D eigenvalue weighted by Crippen LogP contribution is 2.21. The lowest BCUT2D eigenvalue weighted by Crippen LogP contribution is -1.83. The molecular weight excluding hydrogens is 170 g/mol. The molecule has 74 valence electrons. The quantitative estimate of drug-likeness (QED) is 0.693. The van der Waals surface area contributed by atoms with Gasteiger partial charge in [0.2, 0.25) is 0 Å². The number of para-hydroxylation sites is 1. The fourth-order valence-corrected chi connectivity index (χ4v) is 1.99. The molecule has 0 aliphatic rings. The Kier molecular flexibility index (Phi) is 2.58. The highest BCUT2D eigenvalue weighted by atomic mass is 14.9. The molecule has 0 aliphatic heterocycles. The first-order chi connectivity index (χ1) is 6.83. The van der Waals surface area contributed by atoms with Crippen LogP contribution < -0.4 is 0 Å². The summed E-state index contributed by atoms with van der Waals surface area (Å²) in [5.74, 6) is 0. The number of unbranched alkanes of at least 4 members (excludes halogenated alkanes) is 1. The maximum atomic E-state index is 2.26. The summed E-state index contributed by atoms with van der Waals surface area (Å²) in [5.41, 5.74) is 2.84. The van der Waals surface area contributed by atoms with Crippen molar-refractivity contribution in [2.24, 2.45) is 7.05 Å². The predicted octanol–water partition coefficient (Wildman–Crippen LogP) is 3.52. The summed E-state index contributed by atoms with van der Waals surface area (Å²) in [6.45, 7) is 2.24. The zero-order valence-corrected chi connectivity index (χ0v) is 8.96. The van der Waals surface area contributed by atoms with E-state index in [1.807, 2.05) is 0 Å². The summed E-state index contributed by atoms with van der Waals surface area (Å²) in [7, 11) is 2.12. The van der Waals surface area contributed by atoms with Gasteiger partial charge in [0.15, 0.2) is 0 Å². The average molecular weight is 187 g/mol. The molecule has 1 heteroatoms. The first-order valence-electron chi connectivity index (χ1n) is 5.36. The molecule has 1 heterocycles. The van der Waals surface area contributed by atoms with Crippen molar-refractivity contribution in [1.29, 1.82) is 0 Å². The number of hydrogen-bond donors (Lipinski definition) is 0. The largest absolute Gasteiger partial charge is 0.350 e. The van der Waals surface area contributed by atoms with E-state index in [1.165, 1.54) is 35.7 Å². The van der Waals surface area contributed by atoms with E-state index >= 15 is 0 Å². The van der Waals surface area contributed by atoms with Gasteiger partial charge >= 0.3 is 0 Å². The maximum Gasteiger partial charge on any atom is 0.0480 e. The molecule has 2 aromatic rings. The molecule has 0 N–H and O–H groups in total. The van der Waals surface area contributed by atoms with Crippen LogP contribution in [0.15, 0.2) is 30.5 Å². The molecule has 0 saturated heterocycles. The second kappa shape index (κ2) is 3.87. The minimum absolute atomic E-state index is 1.21. The van der Waals surface area contributed by atoms with Crippen molar-refractivity contribution in [3.63, 3.8) is 0 Å². The topological polar surface area (TPSA) is 4.93 Å². The number of nitrogens with zero attached hydrogens (tertiary/aromatic N) is 1. The molecule has 0 aliphatic carbocycles. The average Bonchev–Trinajstić information content (AvgIpc) is 2.54. The van der Waals surface area contributed by atoms with Crippen LogP contribution in [-0.2, 0) is 13.5 Å². The number of fused-ring (bicyclic) bond motifs is 1. The predicted molar refractivity (Wildman–Crippen MR) is 61.5 cm³/mol. The highest BCUT2D eigenvalue weighted by Gasteiger charge is 2.04. The smallest absolute Gasteiger partial charge is 0.0480 e. The minimum Gasteiger partial charge on any atom is -0.350 e. The van der Waals surface area contributed by atoms with Gasteiger partial charge in [-0.1, -0.05) is 31.5 Å². The summed E-state index contributed by atoms with van der Waals surface area (Å²) in [6.07, 6.45) is 6.02. The van der Waals surface area contributed by atoms with Crippen LogP contribution in [0.25, 0.3) is 10.9 Å². The number of aromatic nitrogens is 1. The van der Waals surface area contributed by atoms with Crippen LogP contribution in [0, 0.1) is 0 Å². The number of hydrogen-bond acceptors (Lipinski definition) is 0. The molecular formula is C13H17N. The Labute approximate surface area is 85.4 Å². The Hall–Kier alpha value is -1.24. The number of aryl methyl sites for hydroxylation is 2. The van der Waals surface area contributed by atoms with E-state index in [4.69, 9.17) is 0 Å². The van der Waals surface area contributed by atoms with Crippen molar-refractivity contribution < 1.29 is 0 Å². The standard InChI is InChI=1S/C13H17N/c1-3-4-7-11-10-14(2)13-9-6-5-8-12(11)13/h5-6,8-10H,3-4,7H2,1-2H3. The van der Waals surface area contributed by atoms with Gasteiger partial charge in [0, 0.05) is 24.1 Å². The van der Waals surface area contributed by atoms with Crippen molar-refractivity contribution in [1.82, 2.24) is 4.57 Å². The molecule has 1 aromatic carbocycles. The Morgan fingerprint density at radius 2 is 2.00 bits per heavy atom. The van der Waals surface area contributed by atoms with Crippen LogP contribution in [0.2, 0.25) is 0 Å². The zero-order valence-electron chi connectivity index (χ0n) is 8.96. The second-order valence-electron chi connectivity index (χ2n) is 3.89. The first-order valence-corrected chi connectivity index (χ1v) is 5.36. The van der Waals surface area contributed by atoms with E-state index in [-0.39, 0.29) is 0 Å². The lowest BCUT2D eigenvalue weighted by atomic mass is 10.1. The van der Waals surface area contributed by atoms with E-state index in [9.17, 15) is 0 Å². The van der Waals surface area contributed by atoms with Gasteiger partial charge in [0.1, 0.15) is 0 Å². The Morgan fingerprint density at radius 3 is 2.79 bits per heavy atom. The molecule has 0 fully saturated rings. The van der Waals surface area contributed by atoms with Gasteiger partial charge < -0.3 is 4.57 Å². The van der Waals surface area contributed by atoms with Gasteiger partial charge in [0.05, 0.1) is 0 Å². The normalized spacial score (nSPS) is 11.0. The van der Waals surface area contributed by atoms with Gasteiger partial charge in [-0.15, -0.1) is 0 Å². The van der Waals surface area contributed by atoms with Crippen molar-refractivity contribution in [2.75, 3.05) is 0 Å². The summed E-state index contributed by atoms with van der Waals surface area (Å²) in [5, 5.41) is 1.42. The Bertz CT molecular complexity index is 426. The van der Waals surface area contributed by atoms with Crippen LogP contribution in [0.5, 0.6) is 0 Å². The molecule has 2 rings (SSSR count). The lowest BCUT2D eigenvalue weighted by molar-refractivity contribution is 0.794. The molecule has 0 unspecified atom stereocenters. The van der Waals surface area contributed by atoms with Gasteiger partial charge in [-0.25, -0.2) is 0 Å². The van der Waals surface area contributed by atoms with E-state index in [0.717, 1.165) is 0 Å². The maximum absolute atomic E-state index is 2.26. The molecule has 0 amide bonds. The minimum atomic E-state index is 1.21. The van der Waals surface area contributed by atoms with E-state index in [1.54, 1.807) is 0 Å². The Balaban J connectivity index is 2.44. The lowest BCUT2D eigenvalue weighted by Gasteiger charge is -1.96. The summed E-state index contributed by atoms with van der Waals surface area (Å²) < 4.78 is 2.22. The van der Waals surface area contributed by atoms with Gasteiger partial charge in [0.25, 0.3) is 0 Å². The monoisotopic (exact) mass is 187 g/mol. The van der Waals surface area contributed by atoms with Crippen molar-refractivity contribution in [2.45, 2.75) is 26.2 Å². The fraction of sp³-hybridized carbons (Fsp3) is 0.385. The van der Waals surface area contributed by atoms with Crippen LogP contribution >= 0.6 is 0 Å². The summed E-state index contributed by atoms with van der Waals surface area (Å²) in [4.78, 5) is 0. The molecule has 0 radical (unpaired) electrons. The first kappa shape index (κ1) is 9.32. The van der Waals surface area contributed by atoms with Crippen LogP contribution in [0.3, 0.4) is 0 Å². The fourth-order valence-electron chi connectivity index (χ4n) is 1.99. The van der Waals surface area contributed by atoms with E-state index < -0.39 is 0 Å². The number of rotatable bonds is 3. The van der Waals surface area contributed by atoms with Crippen LogP contribution in [-0.4, -0.2) is 4.57 Å². The zero-order chi connectivity index (χ0) is 9.97. The molecule has 1 nitrogen and oxygen atoms in total. The summed E-state index contributed by atoms with van der Waals surface area (Å²) in [6, 6.07) is 8.63. The van der Waals surface area contributed by atoms with Crippen molar-refractivity contribution in [3.05, 3.63) is 36.0 Å². The summed E-state index contributed by atoms with van der Waals surface area (Å²) >= 11 is 0. The SMILES string of the molecule is CCCCc1cn(C)c2ccccc12. The molecule has 1 aromatic heterocycles. The van der Waals surface area contributed by atoms with E-state index in [0.29, 0.717) is 0 Å². The third-order valence-corrected chi connectivity index (χ3v) is 2.78. The third-order valence-electron chi connectivity index (χ3n) is 2.78. The third kappa shape index (κ3) is 1.54.